The van der Waals surface area contributed by atoms with Crippen molar-refractivity contribution in [3.05, 3.63) is 267 Å². The maximum atomic E-state index is 3.05. The highest BCUT2D eigenvalue weighted by molar-refractivity contribution is 7.38. The van der Waals surface area contributed by atoms with Gasteiger partial charge in [0.05, 0.1) is 22.1 Å². The van der Waals surface area contributed by atoms with E-state index in [1.54, 1.807) is 0 Å². The molecule has 0 saturated carbocycles. The summed E-state index contributed by atoms with van der Waals surface area (Å²) >= 11 is 0. The largest absolute Gasteiger partial charge is 0.377 e. The summed E-state index contributed by atoms with van der Waals surface area (Å²) in [5.41, 5.74) is 9.57. The first-order chi connectivity index (χ1) is 32.8. The molecule has 13 rings (SSSR count). The van der Waals surface area contributed by atoms with Gasteiger partial charge < -0.3 is 17.6 Å². The lowest BCUT2D eigenvalue weighted by molar-refractivity contribution is 1.15. The normalized spacial score (nSPS) is 14.2. The van der Waals surface area contributed by atoms with Crippen LogP contribution in [0, 0.1) is 0 Å². The molecule has 0 atom stereocenters. The molecule has 312 valence electrons. The van der Waals surface area contributed by atoms with Gasteiger partial charge in [-0.25, -0.2) is 0 Å². The van der Waals surface area contributed by atoms with Crippen molar-refractivity contribution in [2.24, 2.45) is 0 Å². The Morgan fingerprint density at radius 2 is 0.500 bits per heavy atom. The Bertz CT molecular complexity index is 3370. The van der Waals surface area contributed by atoms with E-state index in [2.05, 4.69) is 285 Å². The first kappa shape index (κ1) is 38.3. The van der Waals surface area contributed by atoms with Gasteiger partial charge in [-0.15, -0.1) is 0 Å². The Kier molecular flexibility index (Phi) is 8.84. The van der Waals surface area contributed by atoms with Gasteiger partial charge in [-0.2, -0.15) is 0 Å². The van der Waals surface area contributed by atoms with Crippen LogP contribution in [0.2, 0.25) is 0 Å². The van der Waals surface area contributed by atoms with Gasteiger partial charge in [-0.3, -0.25) is 0 Å². The van der Waals surface area contributed by atoms with Crippen LogP contribution in [0.25, 0.3) is 55.0 Å². The second-order valence-electron chi connectivity index (χ2n) is 17.2. The van der Waals surface area contributed by atoms with Crippen molar-refractivity contribution >= 4 is 92.5 Å². The SMILES string of the molecule is c1ccc(-n2c3ccccc3c3cccc(N4[Si](c5ccccc5)(c5ccccc5)N(c5cccc6c7ccccc7n(-c7ccccc7)c56)[Si]4(c4ccccc4)c4ccccc4)c32)cc1. The number of fused-ring (bicyclic) bond motifs is 6. The predicted octanol–water partition coefficient (Wildman–Crippen LogP) is 11.7. The van der Waals surface area contributed by atoms with Crippen LogP contribution in [0.1, 0.15) is 0 Å². The van der Waals surface area contributed by atoms with Gasteiger partial charge in [0.15, 0.2) is 0 Å². The van der Waals surface area contributed by atoms with Gasteiger partial charge in [0.1, 0.15) is 0 Å². The zero-order valence-electron chi connectivity index (χ0n) is 36.2. The zero-order chi connectivity index (χ0) is 43.7. The molecular formula is C60H44N4Si2. The summed E-state index contributed by atoms with van der Waals surface area (Å²) in [7, 11) is -6.83. The van der Waals surface area contributed by atoms with E-state index in [1.165, 1.54) is 75.7 Å². The van der Waals surface area contributed by atoms with Crippen molar-refractivity contribution in [1.82, 2.24) is 9.13 Å². The maximum Gasteiger partial charge on any atom is 0.318 e. The Hall–Kier alpha value is -8.17. The fourth-order valence-electron chi connectivity index (χ4n) is 11.4. The van der Waals surface area contributed by atoms with E-state index < -0.39 is 16.8 Å². The fourth-order valence-corrected chi connectivity index (χ4v) is 26.7. The van der Waals surface area contributed by atoms with Gasteiger partial charge in [-0.05, 0) is 69.3 Å². The molecule has 66 heavy (non-hydrogen) atoms. The summed E-state index contributed by atoms with van der Waals surface area (Å²) in [5, 5.41) is 10.3. The number of nitrogens with zero attached hydrogens (tertiary/aromatic N) is 4. The van der Waals surface area contributed by atoms with Crippen LogP contribution in [0.5, 0.6) is 0 Å². The maximum absolute atomic E-state index is 3.41. The third-order valence-electron chi connectivity index (χ3n) is 13.9. The third-order valence-corrected chi connectivity index (χ3v) is 25.8. The zero-order valence-corrected chi connectivity index (χ0v) is 38.2. The molecule has 1 fully saturated rings. The summed E-state index contributed by atoms with van der Waals surface area (Å²) in [4.78, 5) is 0. The number of hydrogen-bond donors (Lipinski definition) is 0. The third kappa shape index (κ3) is 5.31. The van der Waals surface area contributed by atoms with Crippen LogP contribution < -0.4 is 29.2 Å². The van der Waals surface area contributed by atoms with Gasteiger partial charge >= 0.3 is 16.8 Å². The smallest absolute Gasteiger partial charge is 0.318 e. The van der Waals surface area contributed by atoms with E-state index in [-0.39, 0.29) is 0 Å². The molecule has 3 heterocycles. The van der Waals surface area contributed by atoms with E-state index in [1.807, 2.05) is 0 Å². The van der Waals surface area contributed by atoms with Crippen molar-refractivity contribution in [3.8, 4) is 11.4 Å². The molecule has 1 saturated heterocycles. The van der Waals surface area contributed by atoms with E-state index >= 15 is 0 Å². The van der Waals surface area contributed by atoms with Crippen molar-refractivity contribution in [1.29, 1.82) is 0 Å². The van der Waals surface area contributed by atoms with E-state index in [0.29, 0.717) is 0 Å². The summed E-state index contributed by atoms with van der Waals surface area (Å²) in [6.45, 7) is 0. The number of aromatic nitrogens is 2. The molecule has 0 radical (unpaired) electrons. The molecule has 4 nitrogen and oxygen atoms in total. The molecular weight excluding hydrogens is 833 g/mol. The van der Waals surface area contributed by atoms with Crippen LogP contribution in [0.4, 0.5) is 11.4 Å². The van der Waals surface area contributed by atoms with E-state index in [4.69, 9.17) is 0 Å². The number of anilines is 2. The van der Waals surface area contributed by atoms with Crippen LogP contribution in [0.3, 0.4) is 0 Å². The summed E-state index contributed by atoms with van der Waals surface area (Å²) in [6, 6.07) is 99.9. The summed E-state index contributed by atoms with van der Waals surface area (Å²) < 4.78 is 11.1. The van der Waals surface area contributed by atoms with Crippen molar-refractivity contribution in [3.63, 3.8) is 0 Å². The van der Waals surface area contributed by atoms with Crippen molar-refractivity contribution in [2.75, 3.05) is 8.46 Å². The Morgan fingerprint density at radius 1 is 0.227 bits per heavy atom. The summed E-state index contributed by atoms with van der Waals surface area (Å²) in [6.07, 6.45) is 0. The average molecular weight is 877 g/mol. The van der Waals surface area contributed by atoms with Crippen molar-refractivity contribution < 1.29 is 0 Å². The van der Waals surface area contributed by atoms with Crippen LogP contribution in [0.15, 0.2) is 267 Å². The molecule has 0 amide bonds. The Balaban J connectivity index is 1.28. The molecule has 10 aromatic carbocycles. The number of hydrogen-bond acceptors (Lipinski definition) is 2. The van der Waals surface area contributed by atoms with Gasteiger partial charge in [-0.1, -0.05) is 218 Å². The first-order valence-corrected chi connectivity index (χ1v) is 26.6. The fraction of sp³-hybridized carbons (Fsp3) is 0. The minimum absolute atomic E-state index is 1.14. The molecule has 0 unspecified atom stereocenters. The molecule has 0 N–H and O–H groups in total. The molecule has 0 aliphatic carbocycles. The molecule has 1 aliphatic rings. The highest BCUT2D eigenvalue weighted by Gasteiger charge is 2.75. The second-order valence-corrected chi connectivity index (χ2v) is 24.9. The lowest BCUT2D eigenvalue weighted by atomic mass is 10.1. The van der Waals surface area contributed by atoms with Gasteiger partial charge in [0.25, 0.3) is 0 Å². The number of benzene rings is 10. The van der Waals surface area contributed by atoms with Crippen LogP contribution in [-0.2, 0) is 0 Å². The van der Waals surface area contributed by atoms with Gasteiger partial charge in [0.2, 0.25) is 0 Å². The lowest BCUT2D eigenvalue weighted by Crippen LogP contribution is -3.07. The van der Waals surface area contributed by atoms with Gasteiger partial charge in [0, 0.05) is 44.3 Å². The molecule has 12 aromatic rings. The second kappa shape index (κ2) is 15.2. The molecule has 2 aromatic heterocycles. The number of para-hydroxylation sites is 6. The summed E-state index contributed by atoms with van der Waals surface area (Å²) in [5.74, 6) is 0. The van der Waals surface area contributed by atoms with E-state index in [0.717, 1.165) is 11.4 Å². The molecule has 1 aliphatic heterocycles. The monoisotopic (exact) mass is 876 g/mol. The highest BCUT2D eigenvalue weighted by Crippen LogP contribution is 2.51. The minimum Gasteiger partial charge on any atom is -0.377 e. The average Bonchev–Trinajstić information content (AvgIpc) is 3.92. The first-order valence-electron chi connectivity index (χ1n) is 22.8. The number of rotatable bonds is 8. The van der Waals surface area contributed by atoms with Crippen LogP contribution >= 0.6 is 0 Å². The molecule has 0 spiro atoms. The lowest BCUT2D eigenvalue weighted by Gasteiger charge is -2.73. The highest BCUT2D eigenvalue weighted by atomic mass is 28.5. The molecule has 6 heteroatoms. The predicted molar refractivity (Wildman–Crippen MR) is 282 cm³/mol. The minimum atomic E-state index is -3.41. The van der Waals surface area contributed by atoms with Crippen LogP contribution in [-0.4, -0.2) is 25.9 Å². The van der Waals surface area contributed by atoms with E-state index in [9.17, 15) is 0 Å². The quantitative estimate of drug-likeness (QED) is 0.141. The Morgan fingerprint density at radius 3 is 0.833 bits per heavy atom. The van der Waals surface area contributed by atoms with Crippen molar-refractivity contribution in [2.45, 2.75) is 0 Å². The standard InChI is InChI=1S/C60H44N4Si2/c1-7-25-45(26-8-1)61-55-41-21-19-37-51(55)53-39-23-43-57(59(53)61)63-65(47-29-11-3-12-30-47,48-31-13-4-14-32-48)64(66(63,49-33-15-5-16-34-49)50-35-17-6-18-36-50)58-44-24-40-54-52-38-20-22-42-56(52)62(60(54)58)46-27-9-2-10-28-46/h1-44H. The topological polar surface area (TPSA) is 16.3 Å². The Labute approximate surface area is 386 Å². The molecule has 0 bridgehead atoms.